The van der Waals surface area contributed by atoms with Gasteiger partial charge in [0, 0.05) is 51.9 Å². The summed E-state index contributed by atoms with van der Waals surface area (Å²) in [6, 6.07) is 5.95. The van der Waals surface area contributed by atoms with Crippen LogP contribution >= 0.6 is 11.3 Å². The van der Waals surface area contributed by atoms with Crippen LogP contribution in [0.4, 0.5) is 4.79 Å². The Labute approximate surface area is 316 Å². The number of aromatic nitrogens is 1. The van der Waals surface area contributed by atoms with Crippen LogP contribution in [0.2, 0.25) is 0 Å². The number of carbonyl (C=O) groups excluding carboxylic acids is 5. The molecule has 1 aromatic heterocycles. The summed E-state index contributed by atoms with van der Waals surface area (Å²) in [6.07, 6.45) is -0.630. The number of carbonyl (C=O) groups is 5. The van der Waals surface area contributed by atoms with Gasteiger partial charge in [-0.25, -0.2) is 9.78 Å². The Kier molecular flexibility index (Phi) is 16.8. The largest absolute Gasteiger partial charge is 0.444 e. The number of rotatable bonds is 19. The zero-order chi connectivity index (χ0) is 39.2. The van der Waals surface area contributed by atoms with Crippen molar-refractivity contribution in [3.8, 4) is 10.4 Å². The monoisotopic (exact) mass is 759 g/mol. The van der Waals surface area contributed by atoms with E-state index in [9.17, 15) is 29.1 Å². The van der Waals surface area contributed by atoms with E-state index in [0.29, 0.717) is 39.4 Å². The van der Waals surface area contributed by atoms with Gasteiger partial charge < -0.3 is 40.2 Å². The molecule has 0 saturated carbocycles. The Hall–Kier alpha value is -3.92. The van der Waals surface area contributed by atoms with Crippen LogP contribution < -0.4 is 16.0 Å². The van der Waals surface area contributed by atoms with Crippen LogP contribution in [0.25, 0.3) is 10.4 Å². The lowest BCUT2D eigenvalue weighted by Crippen LogP contribution is -2.57. The molecule has 2 aromatic rings. The third kappa shape index (κ3) is 15.2. The standard InChI is InChI=1S/C38H57N5O9S/c1-25-32(53-24-41-25)27-12-10-26(11-13-27)22-40-34(47)30-21-29(45)23-43(30)35(48)33(37(2,3)4)42-31(46)15-14-28(44)9-8-17-50-19-20-51-18-16-39-36(49)52-38(5,6)7/h10-13,24,29-30,33,45H,8-9,14-23H2,1-7H3,(H,39,49)(H,40,47)(H,42,46)/t29-,30?,33-/m1/s1. The molecule has 2 heterocycles. The molecule has 1 fully saturated rings. The number of Topliss-reactive ketones (excluding diaryl/α,β-unsaturated/α-hetero) is 1. The van der Waals surface area contributed by atoms with Crippen molar-refractivity contribution in [1.29, 1.82) is 0 Å². The van der Waals surface area contributed by atoms with E-state index >= 15 is 0 Å². The van der Waals surface area contributed by atoms with E-state index in [2.05, 4.69) is 20.9 Å². The minimum absolute atomic E-state index is 0.0168. The molecule has 0 radical (unpaired) electrons. The SMILES string of the molecule is Cc1ncsc1-c1ccc(CNC(=O)C2C[C@@H](O)CN2C(=O)[C@@H](NC(=O)CCC(=O)CCCOCCOCCNC(=O)OC(C)(C)C)C(C)(C)C)cc1. The van der Waals surface area contributed by atoms with Gasteiger partial charge in [-0.3, -0.25) is 19.2 Å². The first-order chi connectivity index (χ1) is 24.9. The first-order valence-corrected chi connectivity index (χ1v) is 19.0. The molecule has 0 bridgehead atoms. The smallest absolute Gasteiger partial charge is 0.407 e. The molecule has 294 valence electrons. The summed E-state index contributed by atoms with van der Waals surface area (Å²) in [5.41, 5.74) is 3.42. The lowest BCUT2D eigenvalue weighted by molar-refractivity contribution is -0.144. The molecule has 1 aliphatic rings. The highest BCUT2D eigenvalue weighted by Gasteiger charge is 2.44. The van der Waals surface area contributed by atoms with Crippen molar-refractivity contribution in [2.24, 2.45) is 5.41 Å². The predicted molar refractivity (Wildman–Crippen MR) is 201 cm³/mol. The number of hydrogen-bond acceptors (Lipinski definition) is 11. The van der Waals surface area contributed by atoms with E-state index in [0.717, 1.165) is 21.7 Å². The average Bonchev–Trinajstić information content (AvgIpc) is 3.69. The van der Waals surface area contributed by atoms with Gasteiger partial charge in [-0.15, -0.1) is 11.3 Å². The number of benzene rings is 1. The van der Waals surface area contributed by atoms with Crippen molar-refractivity contribution in [3.05, 3.63) is 41.0 Å². The van der Waals surface area contributed by atoms with E-state index in [-0.39, 0.29) is 50.5 Å². The average molecular weight is 760 g/mol. The molecule has 1 aliphatic heterocycles. The highest BCUT2D eigenvalue weighted by molar-refractivity contribution is 7.13. The Balaban J connectivity index is 1.38. The number of hydrogen-bond donors (Lipinski definition) is 4. The molecule has 1 unspecified atom stereocenters. The number of aliphatic hydroxyl groups excluding tert-OH is 1. The molecule has 0 aliphatic carbocycles. The quantitative estimate of drug-likeness (QED) is 0.153. The van der Waals surface area contributed by atoms with Crippen LogP contribution in [0.3, 0.4) is 0 Å². The van der Waals surface area contributed by atoms with Crippen molar-refractivity contribution in [2.45, 2.75) is 111 Å². The Morgan fingerprint density at radius 2 is 1.62 bits per heavy atom. The van der Waals surface area contributed by atoms with Gasteiger partial charge in [-0.1, -0.05) is 45.0 Å². The molecule has 1 saturated heterocycles. The van der Waals surface area contributed by atoms with Gasteiger partial charge in [-0.05, 0) is 50.7 Å². The Bertz CT molecular complexity index is 1520. The molecule has 3 atom stereocenters. The molecule has 15 heteroatoms. The van der Waals surface area contributed by atoms with Crippen molar-refractivity contribution in [1.82, 2.24) is 25.8 Å². The minimum Gasteiger partial charge on any atom is -0.444 e. The maximum Gasteiger partial charge on any atom is 0.407 e. The summed E-state index contributed by atoms with van der Waals surface area (Å²) in [7, 11) is 0. The first-order valence-electron chi connectivity index (χ1n) is 18.1. The number of aliphatic hydroxyl groups is 1. The Morgan fingerprint density at radius 3 is 2.25 bits per heavy atom. The molecule has 4 N–H and O–H groups in total. The van der Waals surface area contributed by atoms with Crippen LogP contribution in [0.5, 0.6) is 0 Å². The third-order valence-electron chi connectivity index (χ3n) is 8.37. The summed E-state index contributed by atoms with van der Waals surface area (Å²) in [5.74, 6) is -1.39. The molecular formula is C38H57N5O9S. The number of alkyl carbamates (subject to hydrolysis) is 1. The normalized spacial score (nSPS) is 16.6. The van der Waals surface area contributed by atoms with Gasteiger partial charge in [-0.2, -0.15) is 0 Å². The van der Waals surface area contributed by atoms with Crippen molar-refractivity contribution in [3.63, 3.8) is 0 Å². The second-order valence-electron chi connectivity index (χ2n) is 15.2. The van der Waals surface area contributed by atoms with Crippen LogP contribution in [-0.2, 0) is 39.9 Å². The maximum absolute atomic E-state index is 13.9. The van der Waals surface area contributed by atoms with Gasteiger partial charge in [0.05, 0.1) is 42.0 Å². The van der Waals surface area contributed by atoms with E-state index < -0.39 is 47.1 Å². The van der Waals surface area contributed by atoms with Crippen LogP contribution in [0, 0.1) is 12.3 Å². The summed E-state index contributed by atoms with van der Waals surface area (Å²) in [5, 5.41) is 18.8. The van der Waals surface area contributed by atoms with Crippen LogP contribution in [0.1, 0.15) is 84.9 Å². The summed E-state index contributed by atoms with van der Waals surface area (Å²) < 4.78 is 16.1. The number of nitrogens with one attached hydrogen (secondary N) is 3. The summed E-state index contributed by atoms with van der Waals surface area (Å²) in [4.78, 5) is 70.9. The fraction of sp³-hybridized carbons (Fsp3) is 0.632. The third-order valence-corrected chi connectivity index (χ3v) is 9.35. The number of likely N-dealkylation sites (tertiary alicyclic amines) is 1. The molecule has 4 amide bonds. The second-order valence-corrected chi connectivity index (χ2v) is 16.1. The number of nitrogens with zero attached hydrogens (tertiary/aromatic N) is 2. The minimum atomic E-state index is -0.975. The molecule has 3 rings (SSSR count). The van der Waals surface area contributed by atoms with Crippen LogP contribution in [-0.4, -0.2) is 108 Å². The highest BCUT2D eigenvalue weighted by Crippen LogP contribution is 2.28. The topological polar surface area (TPSA) is 185 Å². The number of amides is 4. The zero-order valence-electron chi connectivity index (χ0n) is 32.1. The van der Waals surface area contributed by atoms with E-state index in [1.807, 2.05) is 52.0 Å². The highest BCUT2D eigenvalue weighted by atomic mass is 32.1. The number of ether oxygens (including phenoxy) is 3. The number of thiazole rings is 1. The molecule has 14 nitrogen and oxygen atoms in total. The van der Waals surface area contributed by atoms with Crippen molar-refractivity contribution < 1.29 is 43.3 Å². The molecule has 1 aromatic carbocycles. The Morgan fingerprint density at radius 1 is 0.943 bits per heavy atom. The molecule has 53 heavy (non-hydrogen) atoms. The van der Waals surface area contributed by atoms with Crippen molar-refractivity contribution >= 4 is 40.9 Å². The van der Waals surface area contributed by atoms with Crippen molar-refractivity contribution in [2.75, 3.05) is 39.5 Å². The lowest BCUT2D eigenvalue weighted by atomic mass is 9.85. The summed E-state index contributed by atoms with van der Waals surface area (Å²) >= 11 is 1.57. The second kappa shape index (κ2) is 20.5. The van der Waals surface area contributed by atoms with Gasteiger partial charge in [0.15, 0.2) is 0 Å². The lowest BCUT2D eigenvalue weighted by Gasteiger charge is -2.35. The molecule has 0 spiro atoms. The number of aryl methyl sites for hydroxylation is 1. The molecular weight excluding hydrogens is 703 g/mol. The summed E-state index contributed by atoms with van der Waals surface area (Å²) in [6.45, 7) is 14.6. The van der Waals surface area contributed by atoms with Gasteiger partial charge in [0.2, 0.25) is 17.7 Å². The maximum atomic E-state index is 13.9. The van der Waals surface area contributed by atoms with Gasteiger partial charge in [0.25, 0.3) is 0 Å². The first kappa shape index (κ1) is 43.5. The number of ketones is 1. The van der Waals surface area contributed by atoms with Crippen LogP contribution in [0.15, 0.2) is 29.8 Å². The predicted octanol–water partition coefficient (Wildman–Crippen LogP) is 3.91. The van der Waals surface area contributed by atoms with Gasteiger partial charge >= 0.3 is 6.09 Å². The van der Waals surface area contributed by atoms with Gasteiger partial charge in [0.1, 0.15) is 23.5 Å². The fourth-order valence-electron chi connectivity index (χ4n) is 5.62. The zero-order valence-corrected chi connectivity index (χ0v) is 32.9. The van der Waals surface area contributed by atoms with E-state index in [4.69, 9.17) is 14.2 Å². The fourth-order valence-corrected chi connectivity index (χ4v) is 6.44. The van der Waals surface area contributed by atoms with E-state index in [1.165, 1.54) is 4.90 Å². The van der Waals surface area contributed by atoms with E-state index in [1.54, 1.807) is 37.6 Å². The number of β-amino-alcohol motifs (C(OH)–C–C–N with tert-alkyl or cyclic N) is 1.